The smallest absolute Gasteiger partial charge is 0.159 e. The maximum atomic E-state index is 7.36. The molecule has 0 radical (unpaired) electrons. The summed E-state index contributed by atoms with van der Waals surface area (Å²) in [6, 6.07) is 141. The van der Waals surface area contributed by atoms with E-state index < -0.39 is 0 Å². The van der Waals surface area contributed by atoms with Crippen LogP contribution in [0.1, 0.15) is 11.3 Å². The molecule has 0 atom stereocenters. The Morgan fingerprint density at radius 2 is 0.538 bits per heavy atom. The summed E-state index contributed by atoms with van der Waals surface area (Å²) in [4.78, 5) is 0. The van der Waals surface area contributed by atoms with E-state index in [9.17, 15) is 0 Å². The molecule has 16 heterocycles. The van der Waals surface area contributed by atoms with Crippen LogP contribution in [0.15, 0.2) is 413 Å². The van der Waals surface area contributed by atoms with E-state index in [4.69, 9.17) is 17.7 Å². The molecule has 145 heavy (non-hydrogen) atoms. The van der Waals surface area contributed by atoms with E-state index in [1.807, 2.05) is 12.2 Å². The van der Waals surface area contributed by atoms with Crippen LogP contribution < -0.4 is 0 Å². The Bertz CT molecular complexity index is 12700. The van der Waals surface area contributed by atoms with Crippen molar-refractivity contribution < 1.29 is 17.7 Å². The number of furan rings is 4. The lowest BCUT2D eigenvalue weighted by molar-refractivity contribution is 0.599. The molecule has 16 aromatic heterocycles. The van der Waals surface area contributed by atoms with E-state index in [2.05, 4.69) is 425 Å². The Hall–Kier alpha value is -19.6. The van der Waals surface area contributed by atoms with Gasteiger partial charge in [0.05, 0.1) is 133 Å². The summed E-state index contributed by atoms with van der Waals surface area (Å²) < 4.78 is 49.1. The number of hydrogen-bond donors (Lipinski definition) is 0. The van der Waals surface area contributed by atoms with Gasteiger partial charge in [-0.3, -0.25) is 0 Å². The Balaban J connectivity index is 0.638. The minimum atomic E-state index is 0.822. The first-order chi connectivity index (χ1) is 71.9. The molecule has 37 rings (SSSR count). The number of fused-ring (bicyclic) bond motifs is 50. The van der Waals surface area contributed by atoms with Crippen LogP contribution >= 0.6 is 0 Å². The number of para-hydroxylation sites is 14. The predicted octanol–water partition coefficient (Wildman–Crippen LogP) is 36.3. The fourth-order valence-corrected chi connectivity index (χ4v) is 28.0. The predicted molar refractivity (Wildman–Crippen MR) is 603 cm³/mol. The molecule has 0 amide bonds. The lowest BCUT2D eigenvalue weighted by Crippen LogP contribution is -1.97. The van der Waals surface area contributed by atoms with E-state index in [-0.39, 0.29) is 0 Å². The van der Waals surface area contributed by atoms with Gasteiger partial charge in [-0.2, -0.15) is 0 Å². The highest BCUT2D eigenvalue weighted by atomic mass is 16.3. The summed E-state index contributed by atoms with van der Waals surface area (Å²) in [5.74, 6) is 0.822. The molecule has 12 nitrogen and oxygen atoms in total. The molecule has 666 valence electrons. The number of aromatic nitrogens is 8. The first-order valence-electron chi connectivity index (χ1n) is 49.9. The lowest BCUT2D eigenvalue weighted by atomic mass is 9.94. The van der Waals surface area contributed by atoms with Gasteiger partial charge in [0.25, 0.3) is 0 Å². The molecular formula is C133H70N8O4. The van der Waals surface area contributed by atoms with Gasteiger partial charge in [0.2, 0.25) is 0 Å². The van der Waals surface area contributed by atoms with E-state index in [1.165, 1.54) is 130 Å². The standard InChI is InChI=1S/C133H70N8O4/c1-3-4-52-113-68(2)70-35-23-48-102(130(70)142-113)134-99-45-15-7-32-84(99)118-111(134)66-95-92-64-108-93(65-107(92)138-100-46-16-8-33-85(100)120(118)124(95)138)96-67-112-119(121-86-34-9-17-47-101(86)139(108)125(96)121)87-57-56-69(60-106(87)135(112)103-49-24-39-81-73-29-10-18-53-114(73)143-131(81)103)89-61-94-72-28-6-14-44-98(72)137(105-51-26-41-83-75-31-12-20-55-116(75)145-133(83)105)128(94)129-117(89)88-42-22-38-78-91-62-109-90(63-110(91)141(129)123(78)88)77-37-21-36-76-80-59-58-79-71-27-5-13-43-97(71)136(126(79)127(80)140(109)122(76)77)104-50-25-40-82-74-30-11-19-54-115(74)144-132(82)104/h3-67H,1H2,2H3/b52-4-. The van der Waals surface area contributed by atoms with Gasteiger partial charge in [-0.15, -0.1) is 0 Å². The maximum absolute atomic E-state index is 7.36. The highest BCUT2D eigenvalue weighted by molar-refractivity contribution is 6.42. The van der Waals surface area contributed by atoms with Crippen molar-refractivity contribution in [2.45, 2.75) is 6.92 Å². The van der Waals surface area contributed by atoms with Crippen molar-refractivity contribution >= 4 is 322 Å². The van der Waals surface area contributed by atoms with Crippen molar-refractivity contribution in [3.63, 3.8) is 0 Å². The average Bonchev–Trinajstić information content (AvgIpc) is 1.50. The average molecular weight is 1840 g/mol. The van der Waals surface area contributed by atoms with Gasteiger partial charge in [-0.05, 0) is 145 Å². The number of nitrogens with zero attached hydrogens (tertiary/aromatic N) is 8. The van der Waals surface area contributed by atoms with E-state index in [1.54, 1.807) is 6.08 Å². The zero-order valence-electron chi connectivity index (χ0n) is 77.4. The molecule has 37 aromatic rings. The molecule has 0 aliphatic rings. The number of aryl methyl sites for hydroxylation is 1. The van der Waals surface area contributed by atoms with E-state index in [0.717, 1.165) is 232 Å². The third kappa shape index (κ3) is 8.72. The first-order valence-corrected chi connectivity index (χ1v) is 49.9. The van der Waals surface area contributed by atoms with Crippen LogP contribution in [0.2, 0.25) is 0 Å². The van der Waals surface area contributed by atoms with Gasteiger partial charge in [0, 0.05) is 173 Å². The van der Waals surface area contributed by atoms with Crippen molar-refractivity contribution in [1.82, 2.24) is 35.9 Å². The fourth-order valence-electron chi connectivity index (χ4n) is 28.0. The Morgan fingerprint density at radius 3 is 1.06 bits per heavy atom. The van der Waals surface area contributed by atoms with E-state index in [0.29, 0.717) is 0 Å². The van der Waals surface area contributed by atoms with Crippen molar-refractivity contribution in [2.75, 3.05) is 0 Å². The van der Waals surface area contributed by atoms with Crippen molar-refractivity contribution in [2.24, 2.45) is 0 Å². The normalized spacial score (nSPS) is 13.1. The molecule has 21 aromatic carbocycles. The van der Waals surface area contributed by atoms with Crippen molar-refractivity contribution in [3.8, 4) is 33.9 Å². The zero-order chi connectivity index (χ0) is 93.5. The highest BCUT2D eigenvalue weighted by Gasteiger charge is 2.36. The molecule has 0 spiro atoms. The zero-order valence-corrected chi connectivity index (χ0v) is 77.4. The summed E-state index contributed by atoms with van der Waals surface area (Å²) in [5, 5.41) is 36.0. The summed E-state index contributed by atoms with van der Waals surface area (Å²) >= 11 is 0. The molecular weight excluding hydrogens is 1770 g/mol. The van der Waals surface area contributed by atoms with Crippen LogP contribution in [-0.4, -0.2) is 35.9 Å². The topological polar surface area (TPSA) is 89.9 Å². The SMILES string of the molecule is C=C/C=C\c1oc2c(-n3c4ccccc4c4c5c6ccccc6n6c7cc8c9cc%10c(c%11ccc(-c%12cc%13c%14ccccc%14n(-c%14cccc%15c%14oc%14ccccc%14%15)c%13c%13c%12c%12cccc%14c%15cc%16c(cc%15n%13c%14%12)c%12cccc%13c%14ccc%15c%17ccccc%17n(-c%17cccc%18c%17oc%17ccccc%17%18)c%15c%14n%16c%12%13)cc%11n%10-c%10cccc%11c%10oc%10ccccc%10%11)c%10c%11ccccc%11n(c8cc7c(cc43)c56)c9%10)cccc2c1C. The fraction of sp³-hybridized carbons (Fsp3) is 0.00752. The Kier molecular flexibility index (Phi) is 13.2. The maximum Gasteiger partial charge on any atom is 0.159 e. The van der Waals surface area contributed by atoms with Crippen LogP contribution in [0.4, 0.5) is 0 Å². The second kappa shape index (κ2) is 25.7. The van der Waals surface area contributed by atoms with Crippen LogP contribution in [0.3, 0.4) is 0 Å². The second-order valence-electron chi connectivity index (χ2n) is 40.3. The van der Waals surface area contributed by atoms with Crippen LogP contribution in [0.25, 0.3) is 356 Å². The molecule has 0 unspecified atom stereocenters. The monoisotopic (exact) mass is 1840 g/mol. The highest BCUT2D eigenvalue weighted by Crippen LogP contribution is 2.58. The lowest BCUT2D eigenvalue weighted by Gasteiger charge is -2.13. The molecule has 0 aliphatic heterocycles. The second-order valence-corrected chi connectivity index (χ2v) is 40.3. The number of rotatable bonds is 7. The molecule has 0 bridgehead atoms. The summed E-state index contributed by atoms with van der Waals surface area (Å²) in [7, 11) is 0. The quantitative estimate of drug-likeness (QED) is 0.149. The van der Waals surface area contributed by atoms with Gasteiger partial charge in [0.1, 0.15) is 22.5 Å². The molecule has 0 fully saturated rings. The summed E-state index contributed by atoms with van der Waals surface area (Å²) in [6.07, 6.45) is 5.78. The third-order valence-corrected chi connectivity index (χ3v) is 33.6. The number of allylic oxidation sites excluding steroid dienone is 2. The number of hydrogen-bond acceptors (Lipinski definition) is 4. The minimum absolute atomic E-state index is 0.822. The molecule has 0 aliphatic carbocycles. The van der Waals surface area contributed by atoms with Crippen LogP contribution in [0.5, 0.6) is 0 Å². The van der Waals surface area contributed by atoms with Crippen LogP contribution in [-0.2, 0) is 0 Å². The van der Waals surface area contributed by atoms with E-state index >= 15 is 0 Å². The minimum Gasteiger partial charge on any atom is -0.454 e. The molecule has 0 saturated heterocycles. The summed E-state index contributed by atoms with van der Waals surface area (Å²) in [6.45, 7) is 6.16. The molecule has 0 N–H and O–H groups in total. The van der Waals surface area contributed by atoms with Crippen molar-refractivity contribution in [1.29, 1.82) is 0 Å². The van der Waals surface area contributed by atoms with Gasteiger partial charge in [-0.1, -0.05) is 274 Å². The summed E-state index contributed by atoms with van der Waals surface area (Å²) in [5.41, 5.74) is 35.9. The van der Waals surface area contributed by atoms with Gasteiger partial charge < -0.3 is 53.5 Å². The van der Waals surface area contributed by atoms with Gasteiger partial charge >= 0.3 is 0 Å². The van der Waals surface area contributed by atoms with Gasteiger partial charge in [-0.25, -0.2) is 0 Å². The van der Waals surface area contributed by atoms with Crippen molar-refractivity contribution in [3.05, 3.63) is 406 Å². The van der Waals surface area contributed by atoms with Gasteiger partial charge in [0.15, 0.2) is 22.3 Å². The number of benzene rings is 21. The van der Waals surface area contributed by atoms with Crippen LogP contribution in [0, 0.1) is 6.92 Å². The molecule has 12 heteroatoms. The Morgan fingerprint density at radius 1 is 0.200 bits per heavy atom. The largest absolute Gasteiger partial charge is 0.454 e. The molecule has 0 saturated carbocycles. The Labute approximate surface area is 817 Å². The third-order valence-electron chi connectivity index (χ3n) is 33.6. The first kappa shape index (κ1) is 74.5.